The van der Waals surface area contributed by atoms with Crippen molar-refractivity contribution in [3.8, 4) is 0 Å². The number of hydrogen-bond donors (Lipinski definition) is 1. The third-order valence-electron chi connectivity index (χ3n) is 3.55. The summed E-state index contributed by atoms with van der Waals surface area (Å²) in [6.07, 6.45) is 1.89. The van der Waals surface area contributed by atoms with Crippen LogP contribution in [0.15, 0.2) is 48.8 Å². The number of benzene rings is 2. The molecule has 0 saturated heterocycles. The quantitative estimate of drug-likeness (QED) is 0.602. The average molecular weight is 262 g/mol. The number of fused-ring (bicyclic) bond motifs is 2. The number of aromatic nitrogens is 4. The van der Waals surface area contributed by atoms with E-state index in [1.165, 1.54) is 5.56 Å². The lowest BCUT2D eigenvalue weighted by atomic mass is 10.2. The summed E-state index contributed by atoms with van der Waals surface area (Å²) in [5.41, 5.74) is 5.52. The summed E-state index contributed by atoms with van der Waals surface area (Å²) in [6, 6.07) is 14.5. The Morgan fingerprint density at radius 3 is 2.95 bits per heavy atom. The molecule has 98 valence electrons. The zero-order valence-electron chi connectivity index (χ0n) is 11.2. The lowest BCUT2D eigenvalue weighted by Gasteiger charge is -2.04. The van der Waals surface area contributed by atoms with Crippen molar-refractivity contribution in [1.29, 1.82) is 0 Å². The summed E-state index contributed by atoms with van der Waals surface area (Å²) in [5, 5.41) is 0. The summed E-state index contributed by atoms with van der Waals surface area (Å²) in [6.45, 7) is 2.78. The van der Waals surface area contributed by atoms with Crippen molar-refractivity contribution in [2.24, 2.45) is 0 Å². The van der Waals surface area contributed by atoms with Gasteiger partial charge in [0, 0.05) is 6.54 Å². The molecule has 4 heteroatoms. The van der Waals surface area contributed by atoms with Gasteiger partial charge in [-0.05, 0) is 36.8 Å². The summed E-state index contributed by atoms with van der Waals surface area (Å²) in [5.74, 6) is 0.949. The van der Waals surface area contributed by atoms with Crippen LogP contribution in [0.1, 0.15) is 11.4 Å². The molecular formula is C16H14N4. The Kier molecular flexibility index (Phi) is 2.36. The summed E-state index contributed by atoms with van der Waals surface area (Å²) in [7, 11) is 0. The molecule has 4 nitrogen and oxygen atoms in total. The maximum absolute atomic E-state index is 4.48. The number of rotatable bonds is 2. The standard InChI is InChI=1S/C16H14N4/c1-11-18-13-7-6-12(8-15(13)19-11)9-20-10-17-14-4-2-3-5-16(14)20/h2-8,10H,9H2,1H3,(H,18,19). The highest BCUT2D eigenvalue weighted by Crippen LogP contribution is 2.17. The normalized spacial score (nSPS) is 11.4. The van der Waals surface area contributed by atoms with Crippen LogP contribution >= 0.6 is 0 Å². The number of aryl methyl sites for hydroxylation is 1. The van der Waals surface area contributed by atoms with Gasteiger partial charge >= 0.3 is 0 Å². The van der Waals surface area contributed by atoms with E-state index in [0.717, 1.165) is 34.4 Å². The van der Waals surface area contributed by atoms with Gasteiger partial charge in [-0.25, -0.2) is 9.97 Å². The number of hydrogen-bond acceptors (Lipinski definition) is 2. The fraction of sp³-hybridized carbons (Fsp3) is 0.125. The number of aromatic amines is 1. The van der Waals surface area contributed by atoms with E-state index < -0.39 is 0 Å². The van der Waals surface area contributed by atoms with Crippen molar-refractivity contribution >= 4 is 22.1 Å². The van der Waals surface area contributed by atoms with E-state index in [1.807, 2.05) is 31.5 Å². The summed E-state index contributed by atoms with van der Waals surface area (Å²) < 4.78 is 2.16. The van der Waals surface area contributed by atoms with Crippen molar-refractivity contribution in [2.75, 3.05) is 0 Å². The SMILES string of the molecule is Cc1nc2cc(Cn3cnc4ccccc43)ccc2[nH]1. The third kappa shape index (κ3) is 1.77. The Bertz CT molecular complexity index is 901. The van der Waals surface area contributed by atoms with Crippen LogP contribution in [0.4, 0.5) is 0 Å². The minimum absolute atomic E-state index is 0.808. The second-order valence-electron chi connectivity index (χ2n) is 5.03. The van der Waals surface area contributed by atoms with Gasteiger partial charge in [-0.2, -0.15) is 0 Å². The van der Waals surface area contributed by atoms with Crippen molar-refractivity contribution in [1.82, 2.24) is 19.5 Å². The molecule has 0 aliphatic heterocycles. The smallest absolute Gasteiger partial charge is 0.104 e. The van der Waals surface area contributed by atoms with Crippen LogP contribution in [-0.4, -0.2) is 19.5 Å². The molecule has 0 amide bonds. The minimum Gasteiger partial charge on any atom is -0.342 e. The fourth-order valence-electron chi connectivity index (χ4n) is 2.61. The maximum Gasteiger partial charge on any atom is 0.104 e. The highest BCUT2D eigenvalue weighted by Gasteiger charge is 2.04. The van der Waals surface area contributed by atoms with Gasteiger partial charge in [0.2, 0.25) is 0 Å². The first kappa shape index (κ1) is 11.2. The summed E-state index contributed by atoms with van der Waals surface area (Å²) in [4.78, 5) is 12.2. The predicted octanol–water partition coefficient (Wildman–Crippen LogP) is 3.27. The first-order chi connectivity index (χ1) is 9.79. The van der Waals surface area contributed by atoms with E-state index in [2.05, 4.69) is 43.8 Å². The lowest BCUT2D eigenvalue weighted by Crippen LogP contribution is -1.97. The van der Waals surface area contributed by atoms with Crippen LogP contribution in [0.3, 0.4) is 0 Å². The van der Waals surface area contributed by atoms with E-state index >= 15 is 0 Å². The van der Waals surface area contributed by atoms with Gasteiger partial charge in [-0.3, -0.25) is 0 Å². The molecule has 0 fully saturated rings. The van der Waals surface area contributed by atoms with Crippen molar-refractivity contribution in [3.63, 3.8) is 0 Å². The Morgan fingerprint density at radius 2 is 2.00 bits per heavy atom. The van der Waals surface area contributed by atoms with Crippen LogP contribution in [0.5, 0.6) is 0 Å². The molecule has 0 aliphatic carbocycles. The topological polar surface area (TPSA) is 46.5 Å². The average Bonchev–Trinajstić information content (AvgIpc) is 3.02. The van der Waals surface area contributed by atoms with Gasteiger partial charge in [0.1, 0.15) is 5.82 Å². The number of H-pyrrole nitrogens is 1. The van der Waals surface area contributed by atoms with E-state index in [-0.39, 0.29) is 0 Å². The number of nitrogens with one attached hydrogen (secondary N) is 1. The van der Waals surface area contributed by atoms with E-state index in [4.69, 9.17) is 0 Å². The molecule has 2 heterocycles. The highest BCUT2D eigenvalue weighted by atomic mass is 15.0. The monoisotopic (exact) mass is 262 g/mol. The Labute approximate surface area is 116 Å². The van der Waals surface area contributed by atoms with Crippen LogP contribution in [0, 0.1) is 6.92 Å². The van der Waals surface area contributed by atoms with E-state index in [0.29, 0.717) is 0 Å². The van der Waals surface area contributed by atoms with Crippen LogP contribution in [0.25, 0.3) is 22.1 Å². The molecule has 0 bridgehead atoms. The molecule has 4 rings (SSSR count). The zero-order chi connectivity index (χ0) is 13.5. The first-order valence-electron chi connectivity index (χ1n) is 6.65. The Hall–Kier alpha value is -2.62. The van der Waals surface area contributed by atoms with Crippen LogP contribution in [-0.2, 0) is 6.54 Å². The summed E-state index contributed by atoms with van der Waals surface area (Å²) >= 11 is 0. The molecule has 0 radical (unpaired) electrons. The first-order valence-corrected chi connectivity index (χ1v) is 6.65. The van der Waals surface area contributed by atoms with E-state index in [1.54, 1.807) is 0 Å². The fourth-order valence-corrected chi connectivity index (χ4v) is 2.61. The third-order valence-corrected chi connectivity index (χ3v) is 3.55. The van der Waals surface area contributed by atoms with Gasteiger partial charge in [0.15, 0.2) is 0 Å². The number of para-hydroxylation sites is 2. The molecule has 0 atom stereocenters. The van der Waals surface area contributed by atoms with Crippen molar-refractivity contribution in [2.45, 2.75) is 13.5 Å². The Morgan fingerprint density at radius 1 is 1.10 bits per heavy atom. The molecule has 2 aromatic carbocycles. The molecule has 20 heavy (non-hydrogen) atoms. The van der Waals surface area contributed by atoms with Gasteiger partial charge in [0.05, 0.1) is 28.4 Å². The second-order valence-corrected chi connectivity index (χ2v) is 5.03. The molecule has 0 unspecified atom stereocenters. The molecule has 0 spiro atoms. The molecule has 0 saturated carbocycles. The van der Waals surface area contributed by atoms with Crippen LogP contribution < -0.4 is 0 Å². The Balaban J connectivity index is 1.76. The number of nitrogens with zero attached hydrogens (tertiary/aromatic N) is 3. The van der Waals surface area contributed by atoms with Crippen molar-refractivity contribution < 1.29 is 0 Å². The molecule has 4 aromatic rings. The van der Waals surface area contributed by atoms with E-state index in [9.17, 15) is 0 Å². The highest BCUT2D eigenvalue weighted by molar-refractivity contribution is 5.77. The van der Waals surface area contributed by atoms with Gasteiger partial charge in [0.25, 0.3) is 0 Å². The second kappa shape index (κ2) is 4.20. The van der Waals surface area contributed by atoms with Crippen LogP contribution in [0.2, 0.25) is 0 Å². The number of imidazole rings is 2. The van der Waals surface area contributed by atoms with Gasteiger partial charge in [-0.15, -0.1) is 0 Å². The predicted molar refractivity (Wildman–Crippen MR) is 79.7 cm³/mol. The largest absolute Gasteiger partial charge is 0.342 e. The van der Waals surface area contributed by atoms with Gasteiger partial charge in [-0.1, -0.05) is 18.2 Å². The zero-order valence-corrected chi connectivity index (χ0v) is 11.2. The molecule has 2 aromatic heterocycles. The molecule has 1 N–H and O–H groups in total. The molecular weight excluding hydrogens is 248 g/mol. The minimum atomic E-state index is 0.808. The van der Waals surface area contributed by atoms with Gasteiger partial charge < -0.3 is 9.55 Å². The molecule has 0 aliphatic rings. The maximum atomic E-state index is 4.48. The lowest BCUT2D eigenvalue weighted by molar-refractivity contribution is 0.825. The van der Waals surface area contributed by atoms with Crippen molar-refractivity contribution in [3.05, 3.63) is 60.2 Å².